The second-order valence-corrected chi connectivity index (χ2v) is 7.73. The number of nitrogens with one attached hydrogen (secondary N) is 1. The van der Waals surface area contributed by atoms with E-state index in [1.165, 1.54) is 0 Å². The van der Waals surface area contributed by atoms with E-state index in [0.717, 1.165) is 27.9 Å². The highest BCUT2D eigenvalue weighted by atomic mass is 16.5. The Morgan fingerprint density at radius 2 is 1.72 bits per heavy atom. The lowest BCUT2D eigenvalue weighted by Crippen LogP contribution is -2.28. The molecule has 6 heteroatoms. The van der Waals surface area contributed by atoms with Crippen molar-refractivity contribution in [2.75, 3.05) is 23.4 Å². The molecular weight excluding hydrogens is 368 g/mol. The Hall–Kier alpha value is -3.15. The van der Waals surface area contributed by atoms with E-state index in [0.29, 0.717) is 5.69 Å². The number of carbonyl (C=O) groups is 3. The Bertz CT molecular complexity index is 947. The summed E-state index contributed by atoms with van der Waals surface area (Å²) in [6.45, 7) is 7.66. The van der Waals surface area contributed by atoms with E-state index < -0.39 is 17.8 Å². The molecule has 2 amide bonds. The van der Waals surface area contributed by atoms with Crippen LogP contribution in [0.15, 0.2) is 36.4 Å². The summed E-state index contributed by atoms with van der Waals surface area (Å²) >= 11 is 0. The molecule has 1 atom stereocenters. The van der Waals surface area contributed by atoms with E-state index in [4.69, 9.17) is 4.74 Å². The lowest BCUT2D eigenvalue weighted by atomic mass is 10.1. The van der Waals surface area contributed by atoms with Gasteiger partial charge in [0.1, 0.15) is 0 Å². The van der Waals surface area contributed by atoms with E-state index in [2.05, 4.69) is 5.32 Å². The zero-order valence-corrected chi connectivity index (χ0v) is 17.2. The van der Waals surface area contributed by atoms with Crippen LogP contribution in [0.4, 0.5) is 11.4 Å². The zero-order chi connectivity index (χ0) is 21.1. The molecule has 2 aromatic carbocycles. The van der Waals surface area contributed by atoms with Crippen LogP contribution in [0.5, 0.6) is 0 Å². The van der Waals surface area contributed by atoms with Crippen molar-refractivity contribution in [1.82, 2.24) is 0 Å². The van der Waals surface area contributed by atoms with Crippen LogP contribution in [0.2, 0.25) is 0 Å². The molecule has 0 radical (unpaired) electrons. The highest BCUT2D eigenvalue weighted by molar-refractivity contribution is 6.00. The molecule has 2 aromatic rings. The van der Waals surface area contributed by atoms with Crippen LogP contribution in [0, 0.1) is 33.6 Å². The number of nitrogens with zero attached hydrogens (tertiary/aromatic N) is 1. The largest absolute Gasteiger partial charge is 0.455 e. The lowest BCUT2D eigenvalue weighted by Gasteiger charge is -2.18. The molecule has 0 unspecified atom stereocenters. The van der Waals surface area contributed by atoms with Gasteiger partial charge in [0.25, 0.3) is 5.91 Å². The summed E-state index contributed by atoms with van der Waals surface area (Å²) in [5.74, 6) is -1.61. The minimum Gasteiger partial charge on any atom is -0.455 e. The third-order valence-electron chi connectivity index (χ3n) is 4.99. The van der Waals surface area contributed by atoms with Gasteiger partial charge in [0.05, 0.1) is 5.92 Å². The van der Waals surface area contributed by atoms with Gasteiger partial charge in [-0.15, -0.1) is 0 Å². The number of benzene rings is 2. The lowest BCUT2D eigenvalue weighted by molar-refractivity contribution is -0.151. The second-order valence-electron chi connectivity index (χ2n) is 7.73. The van der Waals surface area contributed by atoms with Crippen LogP contribution in [0.1, 0.15) is 28.7 Å². The summed E-state index contributed by atoms with van der Waals surface area (Å²) in [6, 6.07) is 11.6. The first-order valence-corrected chi connectivity index (χ1v) is 9.65. The van der Waals surface area contributed by atoms with E-state index in [1.807, 2.05) is 64.1 Å². The fraction of sp³-hybridized carbons (Fsp3) is 0.348. The molecule has 0 bridgehead atoms. The van der Waals surface area contributed by atoms with Crippen molar-refractivity contribution in [1.29, 1.82) is 0 Å². The first-order valence-electron chi connectivity index (χ1n) is 9.65. The van der Waals surface area contributed by atoms with Gasteiger partial charge in [-0.05, 0) is 68.1 Å². The van der Waals surface area contributed by atoms with Gasteiger partial charge in [-0.25, -0.2) is 0 Å². The number of anilines is 2. The van der Waals surface area contributed by atoms with E-state index in [1.54, 1.807) is 4.90 Å². The maximum Gasteiger partial charge on any atom is 0.311 e. The van der Waals surface area contributed by atoms with Gasteiger partial charge in [-0.1, -0.05) is 18.2 Å². The molecule has 1 fully saturated rings. The fourth-order valence-corrected chi connectivity index (χ4v) is 3.53. The molecular formula is C23H26N2O4. The summed E-state index contributed by atoms with van der Waals surface area (Å²) in [5.41, 5.74) is 5.56. The molecule has 3 rings (SSSR count). The van der Waals surface area contributed by atoms with Crippen molar-refractivity contribution < 1.29 is 19.1 Å². The number of rotatable bonds is 5. The number of ether oxygens (including phenoxy) is 1. The average Bonchev–Trinajstić information content (AvgIpc) is 3.04. The fourth-order valence-electron chi connectivity index (χ4n) is 3.53. The highest BCUT2D eigenvalue weighted by Gasteiger charge is 2.36. The molecule has 152 valence electrons. The predicted molar refractivity (Wildman–Crippen MR) is 112 cm³/mol. The highest BCUT2D eigenvalue weighted by Crippen LogP contribution is 2.27. The van der Waals surface area contributed by atoms with Gasteiger partial charge in [0.15, 0.2) is 6.61 Å². The number of esters is 1. The van der Waals surface area contributed by atoms with Gasteiger partial charge < -0.3 is 15.0 Å². The Morgan fingerprint density at radius 1 is 1.03 bits per heavy atom. The third-order valence-corrected chi connectivity index (χ3v) is 4.99. The van der Waals surface area contributed by atoms with Gasteiger partial charge in [-0.3, -0.25) is 14.4 Å². The van der Waals surface area contributed by atoms with Gasteiger partial charge in [0.2, 0.25) is 5.91 Å². The third kappa shape index (κ3) is 5.02. The zero-order valence-electron chi connectivity index (χ0n) is 17.2. The number of hydrogen-bond acceptors (Lipinski definition) is 4. The maximum absolute atomic E-state index is 12.4. The van der Waals surface area contributed by atoms with Crippen molar-refractivity contribution >= 4 is 29.2 Å². The van der Waals surface area contributed by atoms with E-state index in [9.17, 15) is 14.4 Å². The monoisotopic (exact) mass is 394 g/mol. The van der Waals surface area contributed by atoms with Crippen molar-refractivity contribution in [2.45, 2.75) is 34.1 Å². The molecule has 1 saturated heterocycles. The Kier molecular flexibility index (Phi) is 6.01. The molecule has 1 aliphatic heterocycles. The summed E-state index contributed by atoms with van der Waals surface area (Å²) in [5, 5.41) is 2.76. The van der Waals surface area contributed by atoms with Crippen molar-refractivity contribution in [2.24, 2.45) is 5.92 Å². The second kappa shape index (κ2) is 8.47. The van der Waals surface area contributed by atoms with Crippen molar-refractivity contribution in [3.63, 3.8) is 0 Å². The summed E-state index contributed by atoms with van der Waals surface area (Å²) in [6.07, 6.45) is 0.0877. The summed E-state index contributed by atoms with van der Waals surface area (Å²) in [4.78, 5) is 38.6. The summed E-state index contributed by atoms with van der Waals surface area (Å²) in [7, 11) is 0. The number of carbonyl (C=O) groups excluding carboxylic acids is 3. The van der Waals surface area contributed by atoms with E-state index in [-0.39, 0.29) is 25.5 Å². The number of aryl methyl sites for hydroxylation is 4. The average molecular weight is 394 g/mol. The Balaban J connectivity index is 1.56. The molecule has 0 aromatic heterocycles. The minimum absolute atomic E-state index is 0.0877. The van der Waals surface area contributed by atoms with Gasteiger partial charge >= 0.3 is 5.97 Å². The molecule has 0 spiro atoms. The van der Waals surface area contributed by atoms with Crippen LogP contribution in [-0.4, -0.2) is 30.9 Å². The number of hydrogen-bond donors (Lipinski definition) is 1. The molecule has 0 saturated carbocycles. The first-order chi connectivity index (χ1) is 13.7. The molecule has 29 heavy (non-hydrogen) atoms. The van der Waals surface area contributed by atoms with Crippen LogP contribution in [0.25, 0.3) is 0 Å². The van der Waals surface area contributed by atoms with Gasteiger partial charge in [0, 0.05) is 24.3 Å². The Morgan fingerprint density at radius 3 is 2.41 bits per heavy atom. The van der Waals surface area contributed by atoms with E-state index >= 15 is 0 Å². The summed E-state index contributed by atoms with van der Waals surface area (Å²) < 4.78 is 5.18. The van der Waals surface area contributed by atoms with Crippen LogP contribution in [0.3, 0.4) is 0 Å². The molecule has 6 nitrogen and oxygen atoms in total. The Labute approximate surface area is 170 Å². The maximum atomic E-state index is 12.4. The minimum atomic E-state index is -0.572. The smallest absolute Gasteiger partial charge is 0.311 e. The van der Waals surface area contributed by atoms with Crippen LogP contribution >= 0.6 is 0 Å². The van der Waals surface area contributed by atoms with Crippen LogP contribution in [-0.2, 0) is 19.1 Å². The quantitative estimate of drug-likeness (QED) is 0.788. The van der Waals surface area contributed by atoms with Crippen LogP contribution < -0.4 is 10.2 Å². The number of amides is 2. The molecule has 1 aliphatic rings. The predicted octanol–water partition coefficient (Wildman–Crippen LogP) is 3.46. The van der Waals surface area contributed by atoms with Gasteiger partial charge in [-0.2, -0.15) is 0 Å². The molecule has 1 heterocycles. The van der Waals surface area contributed by atoms with Crippen molar-refractivity contribution in [3.05, 3.63) is 58.7 Å². The molecule has 1 N–H and O–H groups in total. The topological polar surface area (TPSA) is 75.7 Å². The molecule has 0 aliphatic carbocycles. The normalized spacial score (nSPS) is 16.1. The SMILES string of the molecule is Cc1cc(C)cc(N2C[C@@H](C(=O)OCC(=O)Nc3cc(C)ccc3C)CC2=O)c1. The first kappa shape index (κ1) is 20.6. The van der Waals surface area contributed by atoms with Crippen molar-refractivity contribution in [3.8, 4) is 0 Å². The standard InChI is InChI=1S/C23H26N2O4/c1-14-5-6-17(4)20(10-14)24-21(26)13-29-23(28)18-11-22(27)25(12-18)19-8-15(2)7-16(3)9-19/h5-10,18H,11-13H2,1-4H3,(H,24,26)/t18-/m0/s1.